The highest BCUT2D eigenvalue weighted by atomic mass is 79.9. The first kappa shape index (κ1) is 15.8. The summed E-state index contributed by atoms with van der Waals surface area (Å²) in [5.41, 5.74) is 0.845. The molecule has 0 N–H and O–H groups in total. The van der Waals surface area contributed by atoms with E-state index in [1.54, 1.807) is 24.3 Å². The van der Waals surface area contributed by atoms with Crippen LogP contribution in [0.2, 0.25) is 5.02 Å². The van der Waals surface area contributed by atoms with E-state index in [-0.39, 0.29) is 0 Å². The van der Waals surface area contributed by atoms with Gasteiger partial charge in [0.05, 0.1) is 0 Å². The van der Waals surface area contributed by atoms with Crippen LogP contribution in [0.15, 0.2) is 71.2 Å². The third-order valence-corrected chi connectivity index (χ3v) is 3.98. The number of fused-ring (bicyclic) bond motifs is 1. The fourth-order valence-corrected chi connectivity index (χ4v) is 2.76. The Hall–Kier alpha value is -2.10. The second-order valence-electron chi connectivity index (χ2n) is 4.96. The van der Waals surface area contributed by atoms with Gasteiger partial charge in [-0.05, 0) is 58.8 Å². The van der Waals surface area contributed by atoms with E-state index in [0.717, 1.165) is 20.8 Å². The summed E-state index contributed by atoms with van der Waals surface area (Å²) < 4.78 is 6.35. The summed E-state index contributed by atoms with van der Waals surface area (Å²) in [5, 5.41) is 2.71. The average molecular weight is 388 g/mol. The molecule has 0 aromatic heterocycles. The summed E-state index contributed by atoms with van der Waals surface area (Å²) >= 11 is 9.34. The molecule has 0 amide bonds. The Morgan fingerprint density at radius 2 is 1.78 bits per heavy atom. The lowest BCUT2D eigenvalue weighted by atomic mass is 10.1. The highest BCUT2D eigenvalue weighted by Gasteiger charge is 2.03. The van der Waals surface area contributed by atoms with Crippen molar-refractivity contribution in [1.82, 2.24) is 0 Å². The first-order chi connectivity index (χ1) is 11.1. The lowest BCUT2D eigenvalue weighted by Gasteiger charge is -2.04. The van der Waals surface area contributed by atoms with Crippen LogP contribution >= 0.6 is 27.5 Å². The van der Waals surface area contributed by atoms with E-state index >= 15 is 0 Å². The summed E-state index contributed by atoms with van der Waals surface area (Å²) in [4.78, 5) is 11.9. The Morgan fingerprint density at radius 3 is 2.61 bits per heavy atom. The Labute approximate surface area is 147 Å². The van der Waals surface area contributed by atoms with Gasteiger partial charge in [-0.2, -0.15) is 0 Å². The van der Waals surface area contributed by atoms with Gasteiger partial charge < -0.3 is 4.74 Å². The number of esters is 1. The first-order valence-electron chi connectivity index (χ1n) is 6.95. The molecule has 4 heteroatoms. The molecule has 23 heavy (non-hydrogen) atoms. The minimum absolute atomic E-state index is 0.429. The number of benzene rings is 3. The molecule has 0 saturated carbocycles. The van der Waals surface area contributed by atoms with E-state index in [0.29, 0.717) is 10.8 Å². The van der Waals surface area contributed by atoms with Gasteiger partial charge in [0.1, 0.15) is 5.75 Å². The molecule has 114 valence electrons. The van der Waals surface area contributed by atoms with Gasteiger partial charge in [0, 0.05) is 15.6 Å². The number of hydrogen-bond acceptors (Lipinski definition) is 2. The molecule has 3 aromatic rings. The van der Waals surface area contributed by atoms with Crippen LogP contribution in [0.25, 0.3) is 16.8 Å². The molecule has 0 fully saturated rings. The summed E-state index contributed by atoms with van der Waals surface area (Å²) in [6.07, 6.45) is 3.06. The molecule has 0 atom stereocenters. The molecule has 0 aliphatic carbocycles. The summed E-state index contributed by atoms with van der Waals surface area (Å²) in [7, 11) is 0. The minimum Gasteiger partial charge on any atom is -0.423 e. The standard InChI is InChI=1S/C19H12BrClO2/c20-16-7-5-15-12-18(8-6-14(15)11-16)23-19(22)9-4-13-2-1-3-17(21)10-13/h1-12H/b9-4+. The van der Waals surface area contributed by atoms with Crippen LogP contribution < -0.4 is 4.74 Å². The summed E-state index contributed by atoms with van der Waals surface area (Å²) in [5.74, 6) is 0.0852. The van der Waals surface area contributed by atoms with E-state index in [1.165, 1.54) is 6.08 Å². The van der Waals surface area contributed by atoms with Gasteiger partial charge >= 0.3 is 5.97 Å². The van der Waals surface area contributed by atoms with Crippen molar-refractivity contribution < 1.29 is 9.53 Å². The lowest BCUT2D eigenvalue weighted by Crippen LogP contribution is -2.03. The van der Waals surface area contributed by atoms with Crippen molar-refractivity contribution in [3.63, 3.8) is 0 Å². The number of carbonyl (C=O) groups is 1. The Kier molecular flexibility index (Phi) is 4.79. The van der Waals surface area contributed by atoms with Crippen LogP contribution in [-0.2, 0) is 4.79 Å². The van der Waals surface area contributed by atoms with Crippen molar-refractivity contribution in [3.8, 4) is 5.75 Å². The van der Waals surface area contributed by atoms with E-state index in [2.05, 4.69) is 15.9 Å². The Bertz CT molecular complexity index is 903. The average Bonchev–Trinajstić information content (AvgIpc) is 2.53. The predicted molar refractivity (Wildman–Crippen MR) is 97.8 cm³/mol. The molecule has 0 saturated heterocycles. The largest absolute Gasteiger partial charge is 0.423 e. The monoisotopic (exact) mass is 386 g/mol. The number of carbonyl (C=O) groups excluding carboxylic acids is 1. The molecule has 2 nitrogen and oxygen atoms in total. The van der Waals surface area contributed by atoms with Gasteiger partial charge in [-0.15, -0.1) is 0 Å². The zero-order chi connectivity index (χ0) is 16.2. The zero-order valence-electron chi connectivity index (χ0n) is 12.0. The predicted octanol–water partition coefficient (Wildman–Crippen LogP) is 5.87. The fraction of sp³-hybridized carbons (Fsp3) is 0. The number of halogens is 2. The minimum atomic E-state index is -0.429. The number of rotatable bonds is 3. The number of hydrogen-bond donors (Lipinski definition) is 0. The quantitative estimate of drug-likeness (QED) is 0.319. The van der Waals surface area contributed by atoms with Crippen molar-refractivity contribution in [2.24, 2.45) is 0 Å². The number of ether oxygens (including phenoxy) is 1. The van der Waals surface area contributed by atoms with E-state index < -0.39 is 5.97 Å². The highest BCUT2D eigenvalue weighted by molar-refractivity contribution is 9.10. The molecule has 0 heterocycles. The molecule has 0 aliphatic rings. The molecule has 0 bridgehead atoms. The van der Waals surface area contributed by atoms with Crippen molar-refractivity contribution in [2.75, 3.05) is 0 Å². The maximum absolute atomic E-state index is 11.9. The third kappa shape index (κ3) is 4.21. The van der Waals surface area contributed by atoms with E-state index in [1.807, 2.05) is 42.5 Å². The smallest absolute Gasteiger partial charge is 0.336 e. The fourth-order valence-electron chi connectivity index (χ4n) is 2.18. The van der Waals surface area contributed by atoms with E-state index in [4.69, 9.17) is 16.3 Å². The third-order valence-electron chi connectivity index (χ3n) is 3.25. The van der Waals surface area contributed by atoms with Crippen molar-refractivity contribution >= 4 is 50.3 Å². The van der Waals surface area contributed by atoms with Crippen molar-refractivity contribution in [3.05, 3.63) is 81.8 Å². The zero-order valence-corrected chi connectivity index (χ0v) is 14.3. The molecule has 3 rings (SSSR count). The molecule has 3 aromatic carbocycles. The lowest BCUT2D eigenvalue weighted by molar-refractivity contribution is -0.128. The van der Waals surface area contributed by atoms with Gasteiger partial charge in [0.15, 0.2) is 0 Å². The SMILES string of the molecule is O=C(/C=C/c1cccc(Cl)c1)Oc1ccc2cc(Br)ccc2c1. The van der Waals surface area contributed by atoms with Crippen LogP contribution in [0.4, 0.5) is 0 Å². The molecule has 0 radical (unpaired) electrons. The van der Waals surface area contributed by atoms with Crippen molar-refractivity contribution in [1.29, 1.82) is 0 Å². The van der Waals surface area contributed by atoms with Crippen LogP contribution in [-0.4, -0.2) is 5.97 Å². The van der Waals surface area contributed by atoms with Crippen LogP contribution in [0.3, 0.4) is 0 Å². The van der Waals surface area contributed by atoms with Gasteiger partial charge in [-0.25, -0.2) is 4.79 Å². The molecule has 0 aliphatic heterocycles. The van der Waals surface area contributed by atoms with Crippen LogP contribution in [0, 0.1) is 0 Å². The van der Waals surface area contributed by atoms with Gasteiger partial charge in [-0.1, -0.05) is 51.8 Å². The van der Waals surface area contributed by atoms with Gasteiger partial charge in [-0.3, -0.25) is 0 Å². The second-order valence-corrected chi connectivity index (χ2v) is 6.31. The maximum atomic E-state index is 11.9. The highest BCUT2D eigenvalue weighted by Crippen LogP contribution is 2.24. The summed E-state index contributed by atoms with van der Waals surface area (Å²) in [6, 6.07) is 18.7. The van der Waals surface area contributed by atoms with Crippen LogP contribution in [0.5, 0.6) is 5.75 Å². The topological polar surface area (TPSA) is 26.3 Å². The first-order valence-corrected chi connectivity index (χ1v) is 8.12. The normalized spacial score (nSPS) is 11.0. The van der Waals surface area contributed by atoms with Gasteiger partial charge in [0.25, 0.3) is 0 Å². The molecule has 0 unspecified atom stereocenters. The second kappa shape index (κ2) is 6.99. The van der Waals surface area contributed by atoms with Crippen molar-refractivity contribution in [2.45, 2.75) is 0 Å². The Balaban J connectivity index is 1.73. The van der Waals surface area contributed by atoms with Crippen LogP contribution in [0.1, 0.15) is 5.56 Å². The Morgan fingerprint density at radius 1 is 1.00 bits per heavy atom. The molecular weight excluding hydrogens is 376 g/mol. The van der Waals surface area contributed by atoms with E-state index in [9.17, 15) is 4.79 Å². The molecule has 0 spiro atoms. The molecular formula is C19H12BrClO2. The van der Waals surface area contributed by atoms with Gasteiger partial charge in [0.2, 0.25) is 0 Å². The maximum Gasteiger partial charge on any atom is 0.336 e. The summed E-state index contributed by atoms with van der Waals surface area (Å²) in [6.45, 7) is 0.